The standard InChI is InChI=1S/C18H19N3O4/c1-22-15-5-3-13(11-16(15)23-2)4-6-17-20-14(12-19)18(25-17)21-7-9-24-10-8-21/h3-6,11H,7-10H2,1-2H3/b6-4+. The summed E-state index contributed by atoms with van der Waals surface area (Å²) in [4.78, 5) is 6.22. The summed E-state index contributed by atoms with van der Waals surface area (Å²) in [7, 11) is 3.18. The van der Waals surface area contributed by atoms with Gasteiger partial charge in [-0.25, -0.2) is 0 Å². The monoisotopic (exact) mass is 341 g/mol. The average molecular weight is 341 g/mol. The normalized spacial score (nSPS) is 14.5. The van der Waals surface area contributed by atoms with Crippen molar-refractivity contribution in [2.45, 2.75) is 0 Å². The van der Waals surface area contributed by atoms with E-state index in [1.165, 1.54) is 0 Å². The molecule has 3 rings (SSSR count). The van der Waals surface area contributed by atoms with E-state index in [0.717, 1.165) is 5.56 Å². The molecule has 0 saturated carbocycles. The van der Waals surface area contributed by atoms with E-state index in [-0.39, 0.29) is 5.69 Å². The van der Waals surface area contributed by atoms with Crippen molar-refractivity contribution in [3.05, 3.63) is 35.3 Å². The van der Waals surface area contributed by atoms with Crippen LogP contribution in [0.3, 0.4) is 0 Å². The number of hydrogen-bond acceptors (Lipinski definition) is 7. The first kappa shape index (κ1) is 16.9. The molecule has 0 bridgehead atoms. The first-order valence-corrected chi connectivity index (χ1v) is 7.89. The van der Waals surface area contributed by atoms with Crippen molar-refractivity contribution in [1.29, 1.82) is 5.26 Å². The Bertz CT molecular complexity index is 801. The quantitative estimate of drug-likeness (QED) is 0.827. The lowest BCUT2D eigenvalue weighted by molar-refractivity contribution is 0.120. The molecule has 7 nitrogen and oxygen atoms in total. The Morgan fingerprint density at radius 3 is 2.60 bits per heavy atom. The predicted molar refractivity (Wildman–Crippen MR) is 92.7 cm³/mol. The van der Waals surface area contributed by atoms with E-state index in [1.807, 2.05) is 29.2 Å². The maximum absolute atomic E-state index is 9.29. The Hall–Kier alpha value is -2.98. The van der Waals surface area contributed by atoms with Crippen molar-refractivity contribution in [2.24, 2.45) is 0 Å². The van der Waals surface area contributed by atoms with E-state index in [4.69, 9.17) is 18.6 Å². The van der Waals surface area contributed by atoms with Gasteiger partial charge in [0.2, 0.25) is 17.5 Å². The summed E-state index contributed by atoms with van der Waals surface area (Å²) in [5, 5.41) is 9.29. The van der Waals surface area contributed by atoms with Crippen LogP contribution < -0.4 is 14.4 Å². The molecule has 0 aliphatic carbocycles. The molecule has 0 atom stereocenters. The molecule has 1 aromatic carbocycles. The zero-order chi connectivity index (χ0) is 17.6. The minimum atomic E-state index is 0.286. The molecule has 1 aliphatic heterocycles. The number of anilines is 1. The lowest BCUT2D eigenvalue weighted by Gasteiger charge is -2.25. The highest BCUT2D eigenvalue weighted by Gasteiger charge is 2.20. The van der Waals surface area contributed by atoms with E-state index < -0.39 is 0 Å². The molecule has 1 aliphatic rings. The fourth-order valence-corrected chi connectivity index (χ4v) is 2.58. The van der Waals surface area contributed by atoms with Gasteiger partial charge in [0.05, 0.1) is 27.4 Å². The fraction of sp³-hybridized carbons (Fsp3) is 0.333. The highest BCUT2D eigenvalue weighted by Crippen LogP contribution is 2.29. The van der Waals surface area contributed by atoms with Crippen LogP contribution in [-0.2, 0) is 4.74 Å². The lowest BCUT2D eigenvalue weighted by Crippen LogP contribution is -2.36. The van der Waals surface area contributed by atoms with Crippen LogP contribution in [0.1, 0.15) is 17.1 Å². The van der Waals surface area contributed by atoms with Crippen molar-refractivity contribution < 1.29 is 18.6 Å². The number of ether oxygens (including phenoxy) is 3. The predicted octanol–water partition coefficient (Wildman–Crippen LogP) is 2.57. The molecule has 25 heavy (non-hydrogen) atoms. The molecule has 130 valence electrons. The largest absolute Gasteiger partial charge is 0.493 e. The number of nitriles is 1. The molecule has 2 aromatic rings. The van der Waals surface area contributed by atoms with Gasteiger partial charge in [0.15, 0.2) is 11.5 Å². The molecule has 0 amide bonds. The third-order valence-corrected chi connectivity index (χ3v) is 3.86. The zero-order valence-corrected chi connectivity index (χ0v) is 14.2. The van der Waals surface area contributed by atoms with Crippen LogP contribution in [0.2, 0.25) is 0 Å². The number of benzene rings is 1. The third kappa shape index (κ3) is 3.75. The smallest absolute Gasteiger partial charge is 0.235 e. The molecule has 0 spiro atoms. The van der Waals surface area contributed by atoms with Gasteiger partial charge in [0, 0.05) is 19.2 Å². The number of methoxy groups -OCH3 is 2. The number of hydrogen-bond donors (Lipinski definition) is 0. The Labute approximate surface area is 146 Å². The van der Waals surface area contributed by atoms with Crippen LogP contribution in [0.4, 0.5) is 5.88 Å². The van der Waals surface area contributed by atoms with Crippen molar-refractivity contribution in [3.8, 4) is 17.6 Å². The summed E-state index contributed by atoms with van der Waals surface area (Å²) in [6.45, 7) is 2.59. The van der Waals surface area contributed by atoms with E-state index in [1.54, 1.807) is 20.3 Å². The third-order valence-electron chi connectivity index (χ3n) is 3.86. The van der Waals surface area contributed by atoms with E-state index >= 15 is 0 Å². The van der Waals surface area contributed by atoms with Crippen LogP contribution in [0.15, 0.2) is 22.6 Å². The van der Waals surface area contributed by atoms with Crippen LogP contribution in [0.25, 0.3) is 12.2 Å². The van der Waals surface area contributed by atoms with Gasteiger partial charge in [0.1, 0.15) is 6.07 Å². The summed E-state index contributed by atoms with van der Waals surface area (Å²) >= 11 is 0. The van der Waals surface area contributed by atoms with E-state index in [9.17, 15) is 5.26 Å². The lowest BCUT2D eigenvalue weighted by atomic mass is 10.2. The second-order valence-corrected chi connectivity index (χ2v) is 5.36. The SMILES string of the molecule is COc1ccc(/C=C/c2nc(C#N)c(N3CCOCC3)o2)cc1OC. The second-order valence-electron chi connectivity index (χ2n) is 5.36. The second kappa shape index (κ2) is 7.73. The molecule has 2 heterocycles. The van der Waals surface area contributed by atoms with Crippen molar-refractivity contribution in [3.63, 3.8) is 0 Å². The van der Waals surface area contributed by atoms with Gasteiger partial charge in [-0.15, -0.1) is 0 Å². The van der Waals surface area contributed by atoms with Crippen molar-refractivity contribution >= 4 is 18.0 Å². The molecule has 1 fully saturated rings. The van der Waals surface area contributed by atoms with Gasteiger partial charge < -0.3 is 23.5 Å². The topological polar surface area (TPSA) is 80.8 Å². The van der Waals surface area contributed by atoms with Gasteiger partial charge in [-0.3, -0.25) is 0 Å². The molecular weight excluding hydrogens is 322 g/mol. The number of rotatable bonds is 5. The summed E-state index contributed by atoms with van der Waals surface area (Å²) in [5.74, 6) is 2.19. The maximum atomic E-state index is 9.29. The van der Waals surface area contributed by atoms with Crippen LogP contribution in [0, 0.1) is 11.3 Å². The molecular formula is C18H19N3O4. The minimum absolute atomic E-state index is 0.286. The van der Waals surface area contributed by atoms with Crippen molar-refractivity contribution in [1.82, 2.24) is 4.98 Å². The van der Waals surface area contributed by atoms with Gasteiger partial charge in [-0.05, 0) is 23.8 Å². The first-order valence-electron chi connectivity index (χ1n) is 7.89. The highest BCUT2D eigenvalue weighted by molar-refractivity contribution is 5.69. The van der Waals surface area contributed by atoms with Crippen LogP contribution in [-0.4, -0.2) is 45.5 Å². The number of nitrogens with zero attached hydrogens (tertiary/aromatic N) is 3. The number of aromatic nitrogens is 1. The van der Waals surface area contributed by atoms with Gasteiger partial charge in [-0.1, -0.05) is 6.07 Å². The Kier molecular flexibility index (Phi) is 5.21. The van der Waals surface area contributed by atoms with Crippen molar-refractivity contribution in [2.75, 3.05) is 45.4 Å². The molecule has 0 unspecified atom stereocenters. The Morgan fingerprint density at radius 1 is 1.16 bits per heavy atom. The van der Waals surface area contributed by atoms with E-state index in [0.29, 0.717) is 49.6 Å². The summed E-state index contributed by atoms with van der Waals surface area (Å²) in [5.41, 5.74) is 1.19. The molecule has 7 heteroatoms. The molecule has 0 N–H and O–H groups in total. The maximum Gasteiger partial charge on any atom is 0.235 e. The number of morpholine rings is 1. The Balaban J connectivity index is 1.82. The van der Waals surface area contributed by atoms with Gasteiger partial charge in [-0.2, -0.15) is 10.2 Å². The molecule has 1 saturated heterocycles. The van der Waals surface area contributed by atoms with E-state index in [2.05, 4.69) is 11.1 Å². The van der Waals surface area contributed by atoms with Gasteiger partial charge >= 0.3 is 0 Å². The van der Waals surface area contributed by atoms with Crippen LogP contribution >= 0.6 is 0 Å². The first-order chi connectivity index (χ1) is 12.2. The highest BCUT2D eigenvalue weighted by atomic mass is 16.5. The summed E-state index contributed by atoms with van der Waals surface area (Å²) in [6, 6.07) is 7.67. The molecule has 1 aromatic heterocycles. The van der Waals surface area contributed by atoms with Gasteiger partial charge in [0.25, 0.3) is 0 Å². The summed E-state index contributed by atoms with van der Waals surface area (Å²) in [6.07, 6.45) is 3.57. The van der Waals surface area contributed by atoms with Crippen LogP contribution in [0.5, 0.6) is 11.5 Å². The molecule has 0 radical (unpaired) electrons. The minimum Gasteiger partial charge on any atom is -0.493 e. The fourth-order valence-electron chi connectivity index (χ4n) is 2.58. The zero-order valence-electron chi connectivity index (χ0n) is 14.2. The average Bonchev–Trinajstić information content (AvgIpc) is 3.10. The Morgan fingerprint density at radius 2 is 1.92 bits per heavy atom. The summed E-state index contributed by atoms with van der Waals surface area (Å²) < 4.78 is 21.6. The number of oxazole rings is 1.